The zero-order valence-corrected chi connectivity index (χ0v) is 26.4. The van der Waals surface area contributed by atoms with Gasteiger partial charge in [-0.15, -0.1) is 0 Å². The Morgan fingerprint density at radius 2 is 1.57 bits per heavy atom. The van der Waals surface area contributed by atoms with Gasteiger partial charge in [-0.2, -0.15) is 5.26 Å². The third-order valence-corrected chi connectivity index (χ3v) is 10.2. The number of halogens is 1. The number of hydrogen-bond donors (Lipinski definition) is 1. The van der Waals surface area contributed by atoms with Gasteiger partial charge in [-0.3, -0.25) is 14.6 Å². The van der Waals surface area contributed by atoms with Gasteiger partial charge >= 0.3 is 0 Å². The van der Waals surface area contributed by atoms with Gasteiger partial charge in [-0.25, -0.2) is 4.39 Å². The minimum absolute atomic E-state index is 0.0515. The molecule has 7 rings (SSSR count). The van der Waals surface area contributed by atoms with Gasteiger partial charge in [-0.05, 0) is 80.1 Å². The van der Waals surface area contributed by atoms with Crippen molar-refractivity contribution in [1.29, 1.82) is 5.26 Å². The largest absolute Gasteiger partial charge is 0.367 e. The second-order valence-corrected chi connectivity index (χ2v) is 13.7. The molecular weight excluding hydrogens is 579 g/mol. The first-order chi connectivity index (χ1) is 22.2. The van der Waals surface area contributed by atoms with Crippen LogP contribution in [0.4, 0.5) is 10.1 Å². The normalized spacial score (nSPS) is 20.3. The number of nitriles is 1. The molecule has 4 aliphatic rings. The van der Waals surface area contributed by atoms with Crippen LogP contribution in [0.2, 0.25) is 0 Å². The van der Waals surface area contributed by atoms with E-state index >= 15 is 0 Å². The molecule has 2 saturated carbocycles. The van der Waals surface area contributed by atoms with Crippen LogP contribution >= 0.6 is 0 Å². The molecule has 2 aliphatic carbocycles. The Hall–Kier alpha value is -4.55. The van der Waals surface area contributed by atoms with Crippen LogP contribution in [0.1, 0.15) is 65.7 Å². The number of carbonyl (C=O) groups is 2. The maximum absolute atomic E-state index is 13.8. The van der Waals surface area contributed by atoms with Gasteiger partial charge in [-0.1, -0.05) is 42.0 Å². The average Bonchev–Trinajstić information content (AvgIpc) is 3.85. The zero-order chi connectivity index (χ0) is 32.1. The molecule has 1 N–H and O–H groups in total. The Labute approximate surface area is 269 Å². The fourth-order valence-corrected chi connectivity index (χ4v) is 7.54. The van der Waals surface area contributed by atoms with Gasteiger partial charge in [0.15, 0.2) is 0 Å². The van der Waals surface area contributed by atoms with Crippen LogP contribution in [0, 0.1) is 28.0 Å². The molecule has 3 heterocycles. The van der Waals surface area contributed by atoms with Crippen LogP contribution in [0.3, 0.4) is 0 Å². The number of carbonyl (C=O) groups excluding carboxylic acids is 2. The number of rotatable bonds is 7. The monoisotopic (exact) mass is 618 g/mol. The molecule has 1 spiro atoms. The maximum atomic E-state index is 13.8. The van der Waals surface area contributed by atoms with E-state index in [-0.39, 0.29) is 23.7 Å². The maximum Gasteiger partial charge on any atom is 0.253 e. The molecule has 0 bridgehead atoms. The summed E-state index contributed by atoms with van der Waals surface area (Å²) in [4.78, 5) is 36.7. The van der Waals surface area contributed by atoms with Crippen LogP contribution in [-0.4, -0.2) is 72.9 Å². The number of allylic oxidation sites excluding steroid dienone is 1. The van der Waals surface area contributed by atoms with Crippen molar-refractivity contribution in [1.82, 2.24) is 20.1 Å². The molecule has 8 nitrogen and oxygen atoms in total. The van der Waals surface area contributed by atoms with Crippen LogP contribution < -0.4 is 10.2 Å². The molecule has 236 valence electrons. The van der Waals surface area contributed by atoms with Gasteiger partial charge in [0.2, 0.25) is 5.91 Å². The number of aromatic nitrogens is 1. The topological polar surface area (TPSA) is 92.6 Å². The Kier molecular flexibility index (Phi) is 7.64. The van der Waals surface area contributed by atoms with Crippen LogP contribution in [0.5, 0.6) is 0 Å². The quantitative estimate of drug-likeness (QED) is 0.392. The summed E-state index contributed by atoms with van der Waals surface area (Å²) in [6.45, 7) is 6.56. The molecular formula is C37H39FN6O2. The number of piperazine rings is 1. The second-order valence-electron chi connectivity index (χ2n) is 13.7. The van der Waals surface area contributed by atoms with E-state index in [0.717, 1.165) is 48.3 Å². The summed E-state index contributed by atoms with van der Waals surface area (Å²) in [5.74, 6) is -0.495. The first-order valence-corrected chi connectivity index (χ1v) is 16.2. The highest BCUT2D eigenvalue weighted by Gasteiger charge is 2.53. The molecule has 0 unspecified atom stereocenters. The number of nitrogens with zero attached hydrogens (tertiary/aromatic N) is 5. The SMILES string of the molecule is C[C@@H](NC(=O)c1cncc(N2CCN(C(=O)C3(C#N)CC3)CC2)c1)c1ccc(C(=C2CC3(C2)CN(C)C3)c2ccc(F)cc2)cc1. The van der Waals surface area contributed by atoms with E-state index < -0.39 is 5.41 Å². The van der Waals surface area contributed by atoms with Crippen molar-refractivity contribution in [3.05, 3.63) is 101 Å². The van der Waals surface area contributed by atoms with Gasteiger partial charge in [0.05, 0.1) is 29.6 Å². The summed E-state index contributed by atoms with van der Waals surface area (Å²) < 4.78 is 13.8. The van der Waals surface area contributed by atoms with Crippen molar-refractivity contribution in [3.63, 3.8) is 0 Å². The lowest BCUT2D eigenvalue weighted by molar-refractivity contribution is -0.135. The number of anilines is 1. The van der Waals surface area contributed by atoms with E-state index in [1.165, 1.54) is 23.3 Å². The first kappa shape index (κ1) is 30.1. The molecule has 46 heavy (non-hydrogen) atoms. The average molecular weight is 619 g/mol. The standard InChI is InChI=1S/C37H39FN6O2/c1-25(41-34(45)29-17-32(21-40-20-29)43-13-15-44(16-14-43)35(46)37(22-39)11-12-37)26-3-5-27(6-4-26)33(28-7-9-31(38)10-8-28)30-18-36(19-30)23-42(2)24-36/h3-10,17,20-21,25H,11-16,18-19,23-24H2,1-2H3,(H,41,45)/t25-/m1/s1. The van der Waals surface area contributed by atoms with E-state index in [0.29, 0.717) is 50.0 Å². The van der Waals surface area contributed by atoms with E-state index in [2.05, 4.69) is 57.5 Å². The molecule has 2 aromatic carbocycles. The van der Waals surface area contributed by atoms with Crippen molar-refractivity contribution >= 4 is 23.1 Å². The van der Waals surface area contributed by atoms with Crippen molar-refractivity contribution in [2.75, 3.05) is 51.2 Å². The fourth-order valence-electron chi connectivity index (χ4n) is 7.54. The minimum atomic E-state index is -0.798. The summed E-state index contributed by atoms with van der Waals surface area (Å²) in [6.07, 6.45) is 6.76. The number of hydrogen-bond acceptors (Lipinski definition) is 6. The lowest BCUT2D eigenvalue weighted by atomic mass is 9.59. The van der Waals surface area contributed by atoms with Gasteiger partial charge in [0.25, 0.3) is 5.91 Å². The minimum Gasteiger partial charge on any atom is -0.367 e. The molecule has 3 aromatic rings. The lowest BCUT2D eigenvalue weighted by Gasteiger charge is -2.56. The molecule has 2 amide bonds. The summed E-state index contributed by atoms with van der Waals surface area (Å²) in [7, 11) is 2.16. The summed E-state index contributed by atoms with van der Waals surface area (Å²) >= 11 is 0. The lowest BCUT2D eigenvalue weighted by Crippen LogP contribution is -2.58. The van der Waals surface area contributed by atoms with Crippen molar-refractivity contribution in [3.8, 4) is 6.07 Å². The third kappa shape index (κ3) is 5.67. The van der Waals surface area contributed by atoms with Crippen LogP contribution in [0.15, 0.2) is 72.6 Å². The highest BCUT2D eigenvalue weighted by molar-refractivity contribution is 5.95. The van der Waals surface area contributed by atoms with Gasteiger partial charge < -0.3 is 20.0 Å². The number of nitrogens with one attached hydrogen (secondary N) is 1. The Morgan fingerprint density at radius 1 is 0.935 bits per heavy atom. The van der Waals surface area contributed by atoms with E-state index in [9.17, 15) is 19.2 Å². The predicted molar refractivity (Wildman–Crippen MR) is 174 cm³/mol. The summed E-state index contributed by atoms with van der Waals surface area (Å²) in [5.41, 5.74) is 6.64. The molecule has 9 heteroatoms. The number of pyridine rings is 1. The molecule has 2 saturated heterocycles. The Bertz CT molecular complexity index is 1720. The van der Waals surface area contributed by atoms with Crippen LogP contribution in [0.25, 0.3) is 5.57 Å². The molecule has 4 fully saturated rings. The van der Waals surface area contributed by atoms with Gasteiger partial charge in [0.1, 0.15) is 11.2 Å². The third-order valence-electron chi connectivity index (χ3n) is 10.2. The molecule has 0 radical (unpaired) electrons. The van der Waals surface area contributed by atoms with E-state index in [1.54, 1.807) is 17.3 Å². The molecule has 2 aliphatic heterocycles. The Morgan fingerprint density at radius 3 is 2.15 bits per heavy atom. The zero-order valence-electron chi connectivity index (χ0n) is 26.4. The highest BCUT2D eigenvalue weighted by Crippen LogP contribution is 2.54. The van der Waals surface area contributed by atoms with E-state index in [1.807, 2.05) is 25.1 Å². The summed E-state index contributed by atoms with van der Waals surface area (Å²) in [6, 6.07) is 18.9. The van der Waals surface area contributed by atoms with Crippen molar-refractivity contribution < 1.29 is 14.0 Å². The van der Waals surface area contributed by atoms with Crippen LogP contribution in [-0.2, 0) is 4.79 Å². The first-order valence-electron chi connectivity index (χ1n) is 16.2. The second kappa shape index (κ2) is 11.7. The summed E-state index contributed by atoms with van der Waals surface area (Å²) in [5, 5.41) is 12.5. The Balaban J connectivity index is 1.00. The predicted octanol–water partition coefficient (Wildman–Crippen LogP) is 5.19. The van der Waals surface area contributed by atoms with E-state index in [4.69, 9.17) is 0 Å². The molecule has 1 aromatic heterocycles. The number of likely N-dealkylation sites (tertiary alicyclic amines) is 1. The van der Waals surface area contributed by atoms with Crippen molar-refractivity contribution in [2.45, 2.75) is 38.6 Å². The van der Waals surface area contributed by atoms with Gasteiger partial charge in [0, 0.05) is 50.9 Å². The smallest absolute Gasteiger partial charge is 0.253 e. The van der Waals surface area contributed by atoms with Crippen molar-refractivity contribution in [2.24, 2.45) is 10.8 Å². The fraction of sp³-hybridized carbons (Fsp3) is 0.405. The molecule has 1 atom stereocenters. The number of benzene rings is 2. The highest BCUT2D eigenvalue weighted by atomic mass is 19.1. The number of amides is 2.